The van der Waals surface area contributed by atoms with Gasteiger partial charge in [0.1, 0.15) is 0 Å². The highest BCUT2D eigenvalue weighted by molar-refractivity contribution is 7.93. The minimum atomic E-state index is -0.528. The summed E-state index contributed by atoms with van der Waals surface area (Å²) in [5.41, 5.74) is -0.0501. The minimum Gasteiger partial charge on any atom is -0.258 e. The zero-order valence-electron chi connectivity index (χ0n) is 5.39. The first-order valence-corrected chi connectivity index (χ1v) is 3.52. The summed E-state index contributed by atoms with van der Waals surface area (Å²) in [5, 5.41) is 10.2. The molecule has 5 heteroatoms. The Labute approximate surface area is 67.2 Å². The van der Waals surface area contributed by atoms with Crippen LogP contribution >= 0.6 is 12.0 Å². The van der Waals surface area contributed by atoms with Crippen molar-refractivity contribution in [2.75, 3.05) is 0 Å². The quantitative estimate of drug-likeness (QED) is 0.387. The number of hydrogen-bond donors (Lipinski definition) is 0. The molecule has 0 unspecified atom stereocenters. The van der Waals surface area contributed by atoms with E-state index in [9.17, 15) is 14.7 Å². The van der Waals surface area contributed by atoms with Gasteiger partial charge in [-0.05, 0) is 6.07 Å². The molecule has 1 aromatic rings. The number of non-ortho nitro benzene ring substituents is 1. The molecule has 0 bridgehead atoms. The summed E-state index contributed by atoms with van der Waals surface area (Å²) in [7, 11) is 0. The lowest BCUT2D eigenvalue weighted by Crippen LogP contribution is -1.86. The maximum Gasteiger partial charge on any atom is 0.270 e. The fourth-order valence-corrected chi connectivity index (χ4v) is 0.952. The number of benzene rings is 1. The molecular weight excluding hydrogens is 166 g/mol. The molecule has 0 fully saturated rings. The van der Waals surface area contributed by atoms with Gasteiger partial charge < -0.3 is 0 Å². The standard InChI is InChI=1S/C6H4NO3S/c8-7(9)5-2-1-3-6(4-5)11-10/h1-4H. The minimum absolute atomic E-state index is 0.0501. The van der Waals surface area contributed by atoms with E-state index >= 15 is 0 Å². The summed E-state index contributed by atoms with van der Waals surface area (Å²) in [4.78, 5) is 10.00. The van der Waals surface area contributed by atoms with Crippen LogP contribution in [0.15, 0.2) is 29.2 Å². The van der Waals surface area contributed by atoms with E-state index in [0.29, 0.717) is 4.90 Å². The van der Waals surface area contributed by atoms with Crippen LogP contribution in [0, 0.1) is 10.1 Å². The predicted octanol–water partition coefficient (Wildman–Crippen LogP) is 2.03. The molecule has 0 aliphatic heterocycles. The Morgan fingerprint density at radius 1 is 1.45 bits per heavy atom. The van der Waals surface area contributed by atoms with Gasteiger partial charge in [-0.2, -0.15) is 0 Å². The molecular formula is C6H4NO3S. The largest absolute Gasteiger partial charge is 0.270 e. The van der Waals surface area contributed by atoms with Gasteiger partial charge in [-0.3, -0.25) is 10.1 Å². The highest BCUT2D eigenvalue weighted by atomic mass is 32.2. The third kappa shape index (κ3) is 1.92. The van der Waals surface area contributed by atoms with Crippen molar-refractivity contribution in [1.82, 2.24) is 0 Å². The van der Waals surface area contributed by atoms with E-state index in [0.717, 1.165) is 0 Å². The third-order valence-electron chi connectivity index (χ3n) is 1.12. The second kappa shape index (κ2) is 3.36. The molecule has 0 amide bonds. The number of hydrogen-bond acceptors (Lipinski definition) is 3. The van der Waals surface area contributed by atoms with Gasteiger partial charge >= 0.3 is 0 Å². The molecule has 0 saturated heterocycles. The molecule has 1 rings (SSSR count). The molecule has 1 aromatic carbocycles. The summed E-state index contributed by atoms with van der Waals surface area (Å²) < 4.78 is 10.2. The van der Waals surface area contributed by atoms with Crippen molar-refractivity contribution >= 4 is 17.7 Å². The zero-order valence-corrected chi connectivity index (χ0v) is 6.21. The number of nitro benzene ring substituents is 1. The Hall–Kier alpha value is -1.07. The number of rotatable bonds is 2. The Kier molecular flexibility index (Phi) is 2.45. The van der Waals surface area contributed by atoms with Gasteiger partial charge in [0.05, 0.1) is 17.0 Å². The second-order valence-corrected chi connectivity index (χ2v) is 2.48. The van der Waals surface area contributed by atoms with Crippen LogP contribution in [0.2, 0.25) is 0 Å². The highest BCUT2D eigenvalue weighted by Gasteiger charge is 2.04. The van der Waals surface area contributed by atoms with Gasteiger partial charge in [-0.15, -0.1) is 4.55 Å². The summed E-state index contributed by atoms with van der Waals surface area (Å²) in [6, 6.07) is 5.61. The number of nitro groups is 1. The van der Waals surface area contributed by atoms with Crippen molar-refractivity contribution in [1.29, 1.82) is 0 Å². The normalized spacial score (nSPS) is 9.55. The second-order valence-electron chi connectivity index (χ2n) is 1.84. The first-order valence-electron chi connectivity index (χ1n) is 2.78. The van der Waals surface area contributed by atoms with Crippen LogP contribution in [0.1, 0.15) is 0 Å². The molecule has 0 aromatic heterocycles. The summed E-state index contributed by atoms with van der Waals surface area (Å²) in [6.07, 6.45) is 0. The third-order valence-corrected chi connectivity index (χ3v) is 1.57. The molecule has 0 heterocycles. The van der Waals surface area contributed by atoms with Gasteiger partial charge in [-0.1, -0.05) is 6.07 Å². The predicted molar refractivity (Wildman–Crippen MR) is 39.6 cm³/mol. The fraction of sp³-hybridized carbons (Fsp3) is 0. The average molecular weight is 170 g/mol. The van der Waals surface area contributed by atoms with Gasteiger partial charge in [0.15, 0.2) is 0 Å². The number of nitrogens with zero attached hydrogens (tertiary/aromatic N) is 1. The molecule has 1 radical (unpaired) electrons. The lowest BCUT2D eigenvalue weighted by Gasteiger charge is -1.91. The van der Waals surface area contributed by atoms with Gasteiger partial charge in [0.25, 0.3) is 5.69 Å². The van der Waals surface area contributed by atoms with E-state index in [1.165, 1.54) is 24.3 Å². The average Bonchev–Trinajstić information content (AvgIpc) is 2.05. The molecule has 4 nitrogen and oxygen atoms in total. The van der Waals surface area contributed by atoms with Crippen LogP contribution in [0.25, 0.3) is 0 Å². The van der Waals surface area contributed by atoms with Crippen LogP contribution in [0.4, 0.5) is 5.69 Å². The molecule has 0 aliphatic rings. The van der Waals surface area contributed by atoms with Crippen LogP contribution in [0.3, 0.4) is 0 Å². The molecule has 0 saturated carbocycles. The van der Waals surface area contributed by atoms with Crippen molar-refractivity contribution in [3.8, 4) is 0 Å². The Morgan fingerprint density at radius 2 is 2.18 bits per heavy atom. The lowest BCUT2D eigenvalue weighted by atomic mass is 10.3. The molecule has 0 aliphatic carbocycles. The Bertz CT molecular complexity index is 276. The van der Waals surface area contributed by atoms with Crippen molar-refractivity contribution in [2.45, 2.75) is 4.90 Å². The van der Waals surface area contributed by atoms with Crippen LogP contribution < -0.4 is 0 Å². The first kappa shape index (κ1) is 8.03. The fourth-order valence-electron chi connectivity index (χ4n) is 0.649. The summed E-state index contributed by atoms with van der Waals surface area (Å²) in [6.45, 7) is 0. The molecule has 0 N–H and O–H groups in total. The van der Waals surface area contributed by atoms with Crippen LogP contribution in [-0.2, 0) is 4.55 Å². The summed E-state index contributed by atoms with van der Waals surface area (Å²) in [5.74, 6) is 0. The molecule has 11 heavy (non-hydrogen) atoms. The van der Waals surface area contributed by atoms with Gasteiger partial charge in [0.2, 0.25) is 0 Å². The SMILES string of the molecule is [O]Sc1cccc([N+](=O)[O-])c1. The maximum absolute atomic E-state index is 10.2. The Morgan fingerprint density at radius 3 is 2.73 bits per heavy atom. The lowest BCUT2D eigenvalue weighted by molar-refractivity contribution is -0.385. The first-order chi connectivity index (χ1) is 5.24. The van der Waals surface area contributed by atoms with Gasteiger partial charge in [-0.25, -0.2) is 0 Å². The van der Waals surface area contributed by atoms with Crippen LogP contribution in [-0.4, -0.2) is 4.92 Å². The van der Waals surface area contributed by atoms with Crippen molar-refractivity contribution in [3.63, 3.8) is 0 Å². The van der Waals surface area contributed by atoms with E-state index < -0.39 is 4.92 Å². The van der Waals surface area contributed by atoms with Crippen molar-refractivity contribution in [2.24, 2.45) is 0 Å². The van der Waals surface area contributed by atoms with Crippen LogP contribution in [0.5, 0.6) is 0 Å². The van der Waals surface area contributed by atoms with E-state index in [2.05, 4.69) is 0 Å². The van der Waals surface area contributed by atoms with E-state index in [1.54, 1.807) is 0 Å². The summed E-state index contributed by atoms with van der Waals surface area (Å²) >= 11 is 0.246. The maximum atomic E-state index is 10.2. The van der Waals surface area contributed by atoms with E-state index in [-0.39, 0.29) is 17.7 Å². The van der Waals surface area contributed by atoms with Crippen molar-refractivity contribution < 1.29 is 9.48 Å². The van der Waals surface area contributed by atoms with E-state index in [1.807, 2.05) is 0 Å². The molecule has 0 spiro atoms. The molecule has 57 valence electrons. The van der Waals surface area contributed by atoms with Crippen molar-refractivity contribution in [3.05, 3.63) is 34.4 Å². The topological polar surface area (TPSA) is 63.0 Å². The molecule has 0 atom stereocenters. The van der Waals surface area contributed by atoms with E-state index in [4.69, 9.17) is 0 Å². The zero-order chi connectivity index (χ0) is 8.27. The monoisotopic (exact) mass is 170 g/mol. The Balaban J connectivity index is 3.01. The highest BCUT2D eigenvalue weighted by Crippen LogP contribution is 2.20. The van der Waals surface area contributed by atoms with Gasteiger partial charge in [0, 0.05) is 17.0 Å². The smallest absolute Gasteiger partial charge is 0.258 e.